The highest BCUT2D eigenvalue weighted by atomic mass is 79.9. The van der Waals surface area contributed by atoms with Gasteiger partial charge in [-0.25, -0.2) is 0 Å². The molecule has 2 aromatic heterocycles. The minimum absolute atomic E-state index is 0.0580. The van der Waals surface area contributed by atoms with Gasteiger partial charge in [0.1, 0.15) is 5.75 Å². The molecule has 3 heterocycles. The number of nitrogens with zero attached hydrogens (tertiary/aromatic N) is 4. The van der Waals surface area contributed by atoms with Crippen molar-refractivity contribution in [3.8, 4) is 28.6 Å². The number of amides is 1. The Labute approximate surface area is 151 Å². The standard InChI is InChI=1S/C17H13BrN4O3/c1-2-22-13-6-10(3-4-14(13)24-9-15(22)23)16-20-17(25-21-16)11-5-12(18)8-19-7-11/h3-8H,2,9H2,1H3. The van der Waals surface area contributed by atoms with Gasteiger partial charge in [0.2, 0.25) is 5.82 Å². The van der Waals surface area contributed by atoms with Crippen LogP contribution in [-0.4, -0.2) is 34.2 Å². The number of ether oxygens (including phenoxy) is 1. The molecule has 3 aromatic rings. The molecular formula is C17H13BrN4O3. The topological polar surface area (TPSA) is 81.4 Å². The maximum absolute atomic E-state index is 12.0. The lowest BCUT2D eigenvalue weighted by Crippen LogP contribution is -2.38. The molecule has 0 atom stereocenters. The number of aromatic nitrogens is 3. The van der Waals surface area contributed by atoms with Gasteiger partial charge in [0.25, 0.3) is 11.8 Å². The lowest BCUT2D eigenvalue weighted by atomic mass is 10.1. The molecule has 0 N–H and O–H groups in total. The van der Waals surface area contributed by atoms with E-state index >= 15 is 0 Å². The number of halogens is 1. The Bertz CT molecular complexity index is 957. The summed E-state index contributed by atoms with van der Waals surface area (Å²) in [5.74, 6) is 1.42. The van der Waals surface area contributed by atoms with Gasteiger partial charge in [-0.2, -0.15) is 4.98 Å². The first kappa shape index (κ1) is 15.8. The van der Waals surface area contributed by atoms with Crippen molar-refractivity contribution in [1.82, 2.24) is 15.1 Å². The second-order valence-corrected chi connectivity index (χ2v) is 6.34. The molecule has 0 radical (unpaired) electrons. The molecule has 1 amide bonds. The third kappa shape index (κ3) is 2.89. The highest BCUT2D eigenvalue weighted by Gasteiger charge is 2.25. The lowest BCUT2D eigenvalue weighted by molar-refractivity contribution is -0.121. The minimum atomic E-state index is -0.0684. The number of rotatable bonds is 3. The van der Waals surface area contributed by atoms with E-state index in [9.17, 15) is 4.79 Å². The van der Waals surface area contributed by atoms with Crippen LogP contribution in [0.4, 0.5) is 5.69 Å². The number of carbonyl (C=O) groups excluding carboxylic acids is 1. The average Bonchev–Trinajstić information content (AvgIpc) is 3.11. The average molecular weight is 401 g/mol. The molecule has 8 heteroatoms. The maximum Gasteiger partial charge on any atom is 0.265 e. The largest absolute Gasteiger partial charge is 0.482 e. The quantitative estimate of drug-likeness (QED) is 0.670. The Hall–Kier alpha value is -2.74. The van der Waals surface area contributed by atoms with Crippen molar-refractivity contribution >= 4 is 27.5 Å². The first-order valence-electron chi connectivity index (χ1n) is 7.68. The van der Waals surface area contributed by atoms with Crippen molar-refractivity contribution < 1.29 is 14.1 Å². The van der Waals surface area contributed by atoms with E-state index in [0.717, 1.165) is 15.6 Å². The summed E-state index contributed by atoms with van der Waals surface area (Å²) in [6.07, 6.45) is 3.33. The molecule has 0 bridgehead atoms. The van der Waals surface area contributed by atoms with E-state index in [1.165, 1.54) is 0 Å². The number of fused-ring (bicyclic) bond motifs is 1. The van der Waals surface area contributed by atoms with Crippen molar-refractivity contribution in [3.05, 3.63) is 41.1 Å². The molecule has 126 valence electrons. The van der Waals surface area contributed by atoms with Gasteiger partial charge in [0.05, 0.1) is 11.3 Å². The van der Waals surface area contributed by atoms with Crippen molar-refractivity contribution in [2.45, 2.75) is 6.92 Å². The van der Waals surface area contributed by atoms with E-state index in [1.54, 1.807) is 17.3 Å². The predicted molar refractivity (Wildman–Crippen MR) is 94.2 cm³/mol. The fourth-order valence-corrected chi connectivity index (χ4v) is 3.04. The fraction of sp³-hybridized carbons (Fsp3) is 0.176. The summed E-state index contributed by atoms with van der Waals surface area (Å²) in [6, 6.07) is 7.35. The first-order valence-corrected chi connectivity index (χ1v) is 8.47. The van der Waals surface area contributed by atoms with Gasteiger partial charge in [-0.3, -0.25) is 9.78 Å². The third-order valence-electron chi connectivity index (χ3n) is 3.85. The minimum Gasteiger partial charge on any atom is -0.482 e. The van der Waals surface area contributed by atoms with Gasteiger partial charge in [0.15, 0.2) is 6.61 Å². The van der Waals surface area contributed by atoms with Crippen LogP contribution in [0.1, 0.15) is 6.92 Å². The normalized spacial score (nSPS) is 13.5. The van der Waals surface area contributed by atoms with Gasteiger partial charge in [0, 0.05) is 29.0 Å². The van der Waals surface area contributed by atoms with Crippen molar-refractivity contribution in [1.29, 1.82) is 0 Å². The van der Waals surface area contributed by atoms with E-state index in [0.29, 0.717) is 29.7 Å². The number of likely N-dealkylation sites (N-methyl/N-ethyl adjacent to an activating group) is 1. The fourth-order valence-electron chi connectivity index (χ4n) is 2.67. The van der Waals surface area contributed by atoms with Gasteiger partial charge >= 0.3 is 0 Å². The number of hydrogen-bond acceptors (Lipinski definition) is 6. The zero-order valence-electron chi connectivity index (χ0n) is 13.3. The molecule has 0 fully saturated rings. The van der Waals surface area contributed by atoms with Crippen LogP contribution in [0, 0.1) is 0 Å². The Morgan fingerprint density at radius 3 is 2.92 bits per heavy atom. The van der Waals surface area contributed by atoms with Crippen LogP contribution >= 0.6 is 15.9 Å². The second kappa shape index (κ2) is 6.29. The smallest absolute Gasteiger partial charge is 0.265 e. The summed E-state index contributed by atoms with van der Waals surface area (Å²) in [6.45, 7) is 2.55. The van der Waals surface area contributed by atoms with Crippen LogP contribution in [0.25, 0.3) is 22.8 Å². The Balaban J connectivity index is 1.72. The van der Waals surface area contributed by atoms with E-state index in [1.807, 2.05) is 31.2 Å². The monoisotopic (exact) mass is 400 g/mol. The lowest BCUT2D eigenvalue weighted by Gasteiger charge is -2.28. The van der Waals surface area contributed by atoms with Crippen molar-refractivity contribution in [2.24, 2.45) is 0 Å². The molecule has 0 saturated carbocycles. The van der Waals surface area contributed by atoms with E-state index in [-0.39, 0.29) is 12.5 Å². The molecule has 0 unspecified atom stereocenters. The van der Waals surface area contributed by atoms with Crippen LogP contribution in [0.15, 0.2) is 45.7 Å². The molecule has 1 aliphatic heterocycles. The SMILES string of the molecule is CCN1C(=O)COc2ccc(-c3noc(-c4cncc(Br)c4)n3)cc21. The number of anilines is 1. The van der Waals surface area contributed by atoms with Crippen LogP contribution in [0.5, 0.6) is 5.75 Å². The van der Waals surface area contributed by atoms with Crippen LogP contribution in [0.3, 0.4) is 0 Å². The molecule has 4 rings (SSSR count). The van der Waals surface area contributed by atoms with Crippen molar-refractivity contribution in [3.63, 3.8) is 0 Å². The first-order chi connectivity index (χ1) is 12.2. The number of carbonyl (C=O) groups is 1. The van der Waals surface area contributed by atoms with E-state index in [4.69, 9.17) is 9.26 Å². The van der Waals surface area contributed by atoms with E-state index < -0.39 is 0 Å². The summed E-state index contributed by atoms with van der Waals surface area (Å²) >= 11 is 3.37. The van der Waals surface area contributed by atoms with Crippen LogP contribution in [-0.2, 0) is 4.79 Å². The van der Waals surface area contributed by atoms with Gasteiger partial charge in [-0.05, 0) is 47.1 Å². The molecular weight excluding hydrogens is 388 g/mol. The number of hydrogen-bond donors (Lipinski definition) is 0. The highest BCUT2D eigenvalue weighted by molar-refractivity contribution is 9.10. The van der Waals surface area contributed by atoms with Gasteiger partial charge in [-0.15, -0.1) is 0 Å². The molecule has 0 saturated heterocycles. The predicted octanol–water partition coefficient (Wildman–Crippen LogP) is 3.31. The Morgan fingerprint density at radius 2 is 2.12 bits per heavy atom. The highest BCUT2D eigenvalue weighted by Crippen LogP contribution is 2.35. The third-order valence-corrected chi connectivity index (χ3v) is 4.29. The second-order valence-electron chi connectivity index (χ2n) is 5.42. The molecule has 1 aromatic carbocycles. The molecule has 1 aliphatic rings. The Morgan fingerprint density at radius 1 is 1.24 bits per heavy atom. The number of benzene rings is 1. The van der Waals surface area contributed by atoms with E-state index in [2.05, 4.69) is 31.1 Å². The van der Waals surface area contributed by atoms with Gasteiger partial charge in [-0.1, -0.05) is 5.16 Å². The maximum atomic E-state index is 12.0. The summed E-state index contributed by atoms with van der Waals surface area (Å²) in [5.41, 5.74) is 2.18. The molecule has 0 aliphatic carbocycles. The molecule has 25 heavy (non-hydrogen) atoms. The molecule has 7 nitrogen and oxygen atoms in total. The Kier molecular flexibility index (Phi) is 3.96. The van der Waals surface area contributed by atoms with Crippen LogP contribution < -0.4 is 9.64 Å². The summed E-state index contributed by atoms with van der Waals surface area (Å²) in [4.78, 5) is 22.2. The van der Waals surface area contributed by atoms with Crippen LogP contribution in [0.2, 0.25) is 0 Å². The zero-order chi connectivity index (χ0) is 17.4. The zero-order valence-corrected chi connectivity index (χ0v) is 14.9. The van der Waals surface area contributed by atoms with Crippen molar-refractivity contribution in [2.75, 3.05) is 18.1 Å². The number of pyridine rings is 1. The van der Waals surface area contributed by atoms with Gasteiger partial charge < -0.3 is 14.2 Å². The molecule has 0 spiro atoms. The summed E-state index contributed by atoms with van der Waals surface area (Å²) in [7, 11) is 0. The summed E-state index contributed by atoms with van der Waals surface area (Å²) in [5, 5.41) is 4.04. The summed E-state index contributed by atoms with van der Waals surface area (Å²) < 4.78 is 11.6.